The zero-order valence-corrected chi connectivity index (χ0v) is 11.7. The first kappa shape index (κ1) is 14.1. The van der Waals surface area contributed by atoms with Crippen LogP contribution in [0.25, 0.3) is 0 Å². The molecule has 0 saturated carbocycles. The molecule has 0 atom stereocenters. The van der Waals surface area contributed by atoms with Crippen LogP contribution in [0.2, 0.25) is 0 Å². The number of ether oxygens (including phenoxy) is 1. The predicted octanol–water partition coefficient (Wildman–Crippen LogP) is 1.31. The zero-order valence-electron chi connectivity index (χ0n) is 11.7. The number of hydrogen-bond acceptors (Lipinski definition) is 5. The number of imidazole rings is 1. The van der Waals surface area contributed by atoms with E-state index in [4.69, 9.17) is 10.5 Å². The summed E-state index contributed by atoms with van der Waals surface area (Å²) in [5.74, 6) is -0.123. The van der Waals surface area contributed by atoms with Gasteiger partial charge in [0.15, 0.2) is 5.69 Å². The fraction of sp³-hybridized carbons (Fsp3) is 0.462. The van der Waals surface area contributed by atoms with E-state index >= 15 is 0 Å². The maximum Gasteiger partial charge on any atom is 0.360 e. The van der Waals surface area contributed by atoms with Crippen LogP contribution in [0.4, 0.5) is 5.82 Å². The quantitative estimate of drug-likeness (QED) is 0.775. The van der Waals surface area contributed by atoms with Gasteiger partial charge in [0, 0.05) is 12.2 Å². The van der Waals surface area contributed by atoms with Crippen molar-refractivity contribution in [2.24, 2.45) is 0 Å². The van der Waals surface area contributed by atoms with Crippen molar-refractivity contribution < 1.29 is 9.53 Å². The second-order valence-electron chi connectivity index (χ2n) is 4.52. The first-order valence-corrected chi connectivity index (χ1v) is 6.60. The van der Waals surface area contributed by atoms with Gasteiger partial charge in [0.25, 0.3) is 0 Å². The standard InChI is InChI=1S/C13H19N5O2/c1-3-20-13(19)11-12(14)18(8-15-11)6-4-5-10-7-16-17-9(10)2/h7-8H,3-6,14H2,1-2H3,(H,16,17). The van der Waals surface area contributed by atoms with Gasteiger partial charge >= 0.3 is 5.97 Å². The Morgan fingerprint density at radius 3 is 3.00 bits per heavy atom. The van der Waals surface area contributed by atoms with Crippen LogP contribution in [0.5, 0.6) is 0 Å². The van der Waals surface area contributed by atoms with Gasteiger partial charge in [-0.2, -0.15) is 5.10 Å². The van der Waals surface area contributed by atoms with E-state index in [1.54, 1.807) is 17.8 Å². The van der Waals surface area contributed by atoms with Crippen LogP contribution < -0.4 is 5.73 Å². The molecule has 2 rings (SSSR count). The lowest BCUT2D eigenvalue weighted by Gasteiger charge is -2.05. The summed E-state index contributed by atoms with van der Waals surface area (Å²) in [6, 6.07) is 0. The van der Waals surface area contributed by atoms with E-state index in [2.05, 4.69) is 15.2 Å². The molecular weight excluding hydrogens is 258 g/mol. The van der Waals surface area contributed by atoms with E-state index in [0.717, 1.165) is 18.5 Å². The van der Waals surface area contributed by atoms with Crippen molar-refractivity contribution in [3.05, 3.63) is 29.5 Å². The number of rotatable bonds is 6. The number of H-pyrrole nitrogens is 1. The highest BCUT2D eigenvalue weighted by Crippen LogP contribution is 2.13. The summed E-state index contributed by atoms with van der Waals surface area (Å²) >= 11 is 0. The summed E-state index contributed by atoms with van der Waals surface area (Å²) in [5.41, 5.74) is 8.36. The molecule has 0 unspecified atom stereocenters. The fourth-order valence-corrected chi connectivity index (χ4v) is 1.99. The number of hydrogen-bond donors (Lipinski definition) is 2. The molecule has 2 aromatic heterocycles. The number of anilines is 1. The van der Waals surface area contributed by atoms with Crippen molar-refractivity contribution in [3.63, 3.8) is 0 Å². The monoisotopic (exact) mass is 277 g/mol. The Bertz CT molecular complexity index is 587. The highest BCUT2D eigenvalue weighted by atomic mass is 16.5. The summed E-state index contributed by atoms with van der Waals surface area (Å²) in [4.78, 5) is 15.6. The summed E-state index contributed by atoms with van der Waals surface area (Å²) in [7, 11) is 0. The molecule has 108 valence electrons. The molecule has 2 aromatic rings. The molecule has 0 bridgehead atoms. The number of aromatic nitrogens is 4. The third-order valence-corrected chi connectivity index (χ3v) is 3.13. The van der Waals surface area contributed by atoms with Crippen LogP contribution >= 0.6 is 0 Å². The lowest BCUT2D eigenvalue weighted by atomic mass is 10.1. The lowest BCUT2D eigenvalue weighted by Crippen LogP contribution is -2.10. The van der Waals surface area contributed by atoms with Gasteiger partial charge in [-0.15, -0.1) is 0 Å². The SMILES string of the molecule is CCOC(=O)c1ncn(CCCc2cn[nH]c2C)c1N. The number of nitrogens with one attached hydrogen (secondary N) is 1. The van der Waals surface area contributed by atoms with Gasteiger partial charge in [-0.25, -0.2) is 9.78 Å². The molecule has 0 saturated heterocycles. The van der Waals surface area contributed by atoms with E-state index in [1.807, 2.05) is 13.1 Å². The van der Waals surface area contributed by atoms with Crippen molar-refractivity contribution in [3.8, 4) is 0 Å². The first-order valence-electron chi connectivity index (χ1n) is 6.60. The normalized spacial score (nSPS) is 10.7. The molecule has 0 spiro atoms. The Hall–Kier alpha value is -2.31. The van der Waals surface area contributed by atoms with E-state index in [0.29, 0.717) is 19.0 Å². The average Bonchev–Trinajstić information content (AvgIpc) is 2.98. The van der Waals surface area contributed by atoms with Gasteiger partial charge in [0.2, 0.25) is 0 Å². The van der Waals surface area contributed by atoms with Gasteiger partial charge in [-0.1, -0.05) is 0 Å². The zero-order chi connectivity index (χ0) is 14.5. The molecule has 0 amide bonds. The van der Waals surface area contributed by atoms with Gasteiger partial charge in [-0.05, 0) is 32.3 Å². The molecule has 0 radical (unpaired) electrons. The molecule has 20 heavy (non-hydrogen) atoms. The number of aryl methyl sites for hydroxylation is 3. The number of nitrogens with zero attached hydrogens (tertiary/aromatic N) is 3. The average molecular weight is 277 g/mol. The van der Waals surface area contributed by atoms with E-state index < -0.39 is 5.97 Å². The van der Waals surface area contributed by atoms with Crippen LogP contribution in [0.3, 0.4) is 0 Å². The predicted molar refractivity (Wildman–Crippen MR) is 74.2 cm³/mol. The summed E-state index contributed by atoms with van der Waals surface area (Å²) < 4.78 is 6.66. The molecule has 0 aliphatic heterocycles. The minimum Gasteiger partial charge on any atom is -0.461 e. The Morgan fingerprint density at radius 2 is 2.35 bits per heavy atom. The van der Waals surface area contributed by atoms with Crippen molar-refractivity contribution in [2.45, 2.75) is 33.2 Å². The summed E-state index contributed by atoms with van der Waals surface area (Å²) in [6.07, 6.45) is 5.19. The Morgan fingerprint density at radius 1 is 1.55 bits per heavy atom. The van der Waals surface area contributed by atoms with Crippen molar-refractivity contribution in [2.75, 3.05) is 12.3 Å². The van der Waals surface area contributed by atoms with Gasteiger partial charge < -0.3 is 15.0 Å². The lowest BCUT2D eigenvalue weighted by molar-refractivity contribution is 0.0521. The number of nitrogens with two attached hydrogens (primary N) is 1. The summed E-state index contributed by atoms with van der Waals surface area (Å²) in [6.45, 7) is 4.75. The Labute approximate surface area is 117 Å². The molecule has 0 aromatic carbocycles. The van der Waals surface area contributed by atoms with Gasteiger partial charge in [-0.3, -0.25) is 5.10 Å². The largest absolute Gasteiger partial charge is 0.461 e. The number of nitrogen functional groups attached to an aromatic ring is 1. The van der Waals surface area contributed by atoms with Crippen LogP contribution in [-0.4, -0.2) is 32.3 Å². The van der Waals surface area contributed by atoms with Crippen LogP contribution in [-0.2, 0) is 17.7 Å². The number of carbonyl (C=O) groups excluding carboxylic acids is 1. The van der Waals surface area contributed by atoms with Crippen molar-refractivity contribution >= 4 is 11.8 Å². The van der Waals surface area contributed by atoms with Crippen LogP contribution in [0, 0.1) is 6.92 Å². The van der Waals surface area contributed by atoms with E-state index in [1.165, 1.54) is 5.56 Å². The third kappa shape index (κ3) is 2.98. The second kappa shape index (κ2) is 6.23. The molecule has 7 heteroatoms. The fourth-order valence-electron chi connectivity index (χ4n) is 1.99. The Balaban J connectivity index is 1.94. The maximum atomic E-state index is 11.6. The van der Waals surface area contributed by atoms with Crippen LogP contribution in [0.1, 0.15) is 35.1 Å². The van der Waals surface area contributed by atoms with Crippen molar-refractivity contribution in [1.82, 2.24) is 19.7 Å². The maximum absolute atomic E-state index is 11.6. The topological polar surface area (TPSA) is 98.8 Å². The minimum atomic E-state index is -0.477. The number of carbonyl (C=O) groups is 1. The number of aromatic amines is 1. The van der Waals surface area contributed by atoms with Crippen molar-refractivity contribution in [1.29, 1.82) is 0 Å². The Kier molecular flexibility index (Phi) is 4.39. The molecule has 0 aliphatic rings. The summed E-state index contributed by atoms with van der Waals surface area (Å²) in [5, 5.41) is 6.89. The van der Waals surface area contributed by atoms with E-state index in [9.17, 15) is 4.79 Å². The third-order valence-electron chi connectivity index (χ3n) is 3.13. The van der Waals surface area contributed by atoms with Gasteiger partial charge in [0.05, 0.1) is 19.1 Å². The molecule has 7 nitrogen and oxygen atoms in total. The number of esters is 1. The van der Waals surface area contributed by atoms with E-state index in [-0.39, 0.29) is 5.69 Å². The second-order valence-corrected chi connectivity index (χ2v) is 4.52. The molecule has 0 fully saturated rings. The smallest absolute Gasteiger partial charge is 0.360 e. The molecule has 0 aliphatic carbocycles. The first-order chi connectivity index (χ1) is 9.63. The minimum absolute atomic E-state index is 0.186. The molecular formula is C13H19N5O2. The highest BCUT2D eigenvalue weighted by Gasteiger charge is 2.16. The van der Waals surface area contributed by atoms with Crippen LogP contribution in [0.15, 0.2) is 12.5 Å². The molecule has 2 heterocycles. The highest BCUT2D eigenvalue weighted by molar-refractivity contribution is 5.92. The van der Waals surface area contributed by atoms with Gasteiger partial charge in [0.1, 0.15) is 5.82 Å². The molecule has 3 N–H and O–H groups in total.